The lowest BCUT2D eigenvalue weighted by atomic mass is 10.1. The molecular formula is C15H15NO2. The molecule has 2 rings (SSSR count). The SMILES string of the molecule is [2H]c1cccc(N(C)c2ccccc2C(=O)OC)c1. The molecule has 0 aliphatic heterocycles. The van der Waals surface area contributed by atoms with Crippen LogP contribution in [0.2, 0.25) is 0 Å². The summed E-state index contributed by atoms with van der Waals surface area (Å²) in [5, 5.41) is 0. The molecule has 0 heterocycles. The predicted octanol–water partition coefficient (Wildman–Crippen LogP) is 3.24. The second-order valence-electron chi connectivity index (χ2n) is 3.83. The van der Waals surface area contributed by atoms with E-state index in [2.05, 4.69) is 0 Å². The Bertz CT molecular complexity index is 598. The van der Waals surface area contributed by atoms with E-state index < -0.39 is 0 Å². The van der Waals surface area contributed by atoms with Gasteiger partial charge in [0.15, 0.2) is 0 Å². The van der Waals surface area contributed by atoms with Crippen LogP contribution in [0.3, 0.4) is 0 Å². The van der Waals surface area contributed by atoms with E-state index in [1.54, 1.807) is 24.3 Å². The minimum absolute atomic E-state index is 0.371. The monoisotopic (exact) mass is 242 g/mol. The van der Waals surface area contributed by atoms with Crippen molar-refractivity contribution in [2.45, 2.75) is 0 Å². The van der Waals surface area contributed by atoms with Gasteiger partial charge in [0.2, 0.25) is 0 Å². The van der Waals surface area contributed by atoms with Crippen molar-refractivity contribution in [1.29, 1.82) is 0 Å². The fourth-order valence-corrected chi connectivity index (χ4v) is 1.78. The topological polar surface area (TPSA) is 29.5 Å². The molecule has 0 atom stereocenters. The van der Waals surface area contributed by atoms with Crippen molar-refractivity contribution < 1.29 is 10.9 Å². The first-order valence-electron chi connectivity index (χ1n) is 6.11. The van der Waals surface area contributed by atoms with Crippen LogP contribution in [0, 0.1) is 0 Å². The third-order valence-electron chi connectivity index (χ3n) is 2.75. The van der Waals surface area contributed by atoms with Crippen LogP contribution < -0.4 is 4.90 Å². The fourth-order valence-electron chi connectivity index (χ4n) is 1.78. The Balaban J connectivity index is 2.44. The molecule has 3 heteroatoms. The van der Waals surface area contributed by atoms with Gasteiger partial charge in [-0.1, -0.05) is 30.3 Å². The fraction of sp³-hybridized carbons (Fsp3) is 0.133. The first-order valence-corrected chi connectivity index (χ1v) is 5.61. The molecule has 0 aliphatic carbocycles. The van der Waals surface area contributed by atoms with Gasteiger partial charge in [0, 0.05) is 12.7 Å². The first kappa shape index (κ1) is 10.8. The van der Waals surface area contributed by atoms with Crippen LogP contribution in [0.5, 0.6) is 0 Å². The van der Waals surface area contributed by atoms with Crippen molar-refractivity contribution >= 4 is 17.3 Å². The minimum Gasteiger partial charge on any atom is -0.465 e. The largest absolute Gasteiger partial charge is 0.465 e. The molecule has 0 bridgehead atoms. The maximum atomic E-state index is 11.8. The Morgan fingerprint density at radius 2 is 1.89 bits per heavy atom. The number of esters is 1. The van der Waals surface area contributed by atoms with Crippen molar-refractivity contribution in [3.8, 4) is 0 Å². The van der Waals surface area contributed by atoms with E-state index in [4.69, 9.17) is 6.11 Å². The number of benzene rings is 2. The molecule has 0 N–H and O–H groups in total. The quantitative estimate of drug-likeness (QED) is 0.774. The van der Waals surface area contributed by atoms with Crippen molar-refractivity contribution in [3.63, 3.8) is 0 Å². The molecule has 0 saturated heterocycles. The number of para-hydroxylation sites is 2. The maximum absolute atomic E-state index is 11.8. The van der Waals surface area contributed by atoms with Crippen molar-refractivity contribution in [3.05, 3.63) is 60.1 Å². The normalized spacial score (nSPS) is 10.7. The lowest BCUT2D eigenvalue weighted by molar-refractivity contribution is 0.0601. The number of carbonyl (C=O) groups is 1. The van der Waals surface area contributed by atoms with Crippen LogP contribution in [-0.4, -0.2) is 20.1 Å². The standard InChI is InChI=1S/C15H15NO2/c1-16(12-8-4-3-5-9-12)14-11-7-6-10-13(14)15(17)18-2/h3-11H,1-2H3/i4D. The van der Waals surface area contributed by atoms with E-state index in [0.717, 1.165) is 11.4 Å². The average molecular weight is 242 g/mol. The Morgan fingerprint density at radius 3 is 2.61 bits per heavy atom. The zero-order valence-corrected chi connectivity index (χ0v) is 10.4. The molecule has 0 aliphatic rings. The number of nitrogens with zero attached hydrogens (tertiary/aromatic N) is 1. The lowest BCUT2D eigenvalue weighted by Gasteiger charge is -2.21. The van der Waals surface area contributed by atoms with Gasteiger partial charge in [-0.2, -0.15) is 0 Å². The highest BCUT2D eigenvalue weighted by atomic mass is 16.5. The summed E-state index contributed by atoms with van der Waals surface area (Å²) >= 11 is 0. The Kier molecular flexibility index (Phi) is 3.23. The van der Waals surface area contributed by atoms with Crippen molar-refractivity contribution in [2.24, 2.45) is 0 Å². The maximum Gasteiger partial charge on any atom is 0.339 e. The lowest BCUT2D eigenvalue weighted by Crippen LogP contribution is -2.14. The summed E-state index contributed by atoms with van der Waals surface area (Å²) in [6.07, 6.45) is 0. The van der Waals surface area contributed by atoms with E-state index >= 15 is 0 Å². The second kappa shape index (κ2) is 5.36. The van der Waals surface area contributed by atoms with E-state index in [1.165, 1.54) is 7.11 Å². The number of ether oxygens (including phenoxy) is 1. The highest BCUT2D eigenvalue weighted by Crippen LogP contribution is 2.26. The van der Waals surface area contributed by atoms with Crippen LogP contribution in [-0.2, 0) is 4.74 Å². The summed E-state index contributed by atoms with van der Waals surface area (Å²) < 4.78 is 12.4. The highest BCUT2D eigenvalue weighted by Gasteiger charge is 2.14. The molecule has 18 heavy (non-hydrogen) atoms. The van der Waals surface area contributed by atoms with E-state index in [1.807, 2.05) is 36.2 Å². The van der Waals surface area contributed by atoms with Crippen LogP contribution in [0.15, 0.2) is 54.6 Å². The molecular weight excluding hydrogens is 226 g/mol. The smallest absolute Gasteiger partial charge is 0.339 e. The van der Waals surface area contributed by atoms with E-state index in [-0.39, 0.29) is 5.97 Å². The average Bonchev–Trinajstić information content (AvgIpc) is 2.45. The van der Waals surface area contributed by atoms with Crippen LogP contribution in [0.1, 0.15) is 11.7 Å². The minimum atomic E-state index is -0.371. The number of carbonyl (C=O) groups excluding carboxylic acids is 1. The predicted molar refractivity (Wildman–Crippen MR) is 72.3 cm³/mol. The summed E-state index contributed by atoms with van der Waals surface area (Å²) in [4.78, 5) is 13.6. The van der Waals surface area contributed by atoms with Gasteiger partial charge < -0.3 is 9.64 Å². The number of anilines is 2. The molecule has 0 aromatic heterocycles. The molecule has 2 aromatic carbocycles. The van der Waals surface area contributed by atoms with Gasteiger partial charge in [0.25, 0.3) is 0 Å². The number of rotatable bonds is 3. The second-order valence-corrected chi connectivity index (χ2v) is 3.83. The Labute approximate surface area is 108 Å². The molecule has 0 unspecified atom stereocenters. The van der Waals surface area contributed by atoms with Gasteiger partial charge >= 0.3 is 5.97 Å². The Morgan fingerprint density at radius 1 is 1.17 bits per heavy atom. The summed E-state index contributed by atoms with van der Waals surface area (Å²) in [6.45, 7) is 0. The van der Waals surface area contributed by atoms with Crippen molar-refractivity contribution in [1.82, 2.24) is 0 Å². The zero-order chi connectivity index (χ0) is 13.8. The van der Waals surface area contributed by atoms with Gasteiger partial charge in [-0.25, -0.2) is 4.79 Å². The molecule has 0 radical (unpaired) electrons. The van der Waals surface area contributed by atoms with Gasteiger partial charge in [0.05, 0.1) is 19.7 Å². The summed E-state index contributed by atoms with van der Waals surface area (Å²) in [7, 11) is 3.22. The summed E-state index contributed by atoms with van der Waals surface area (Å²) in [6, 6.07) is 14.8. The Hall–Kier alpha value is -2.29. The van der Waals surface area contributed by atoms with E-state index in [0.29, 0.717) is 11.6 Å². The summed E-state index contributed by atoms with van der Waals surface area (Å²) in [5.74, 6) is -0.371. The van der Waals surface area contributed by atoms with Crippen LogP contribution in [0.25, 0.3) is 0 Å². The zero-order valence-electron chi connectivity index (χ0n) is 11.4. The first-order chi connectivity index (χ1) is 9.13. The molecule has 92 valence electrons. The number of hydrogen-bond acceptors (Lipinski definition) is 3. The van der Waals surface area contributed by atoms with Gasteiger partial charge in [0.1, 0.15) is 0 Å². The molecule has 0 spiro atoms. The van der Waals surface area contributed by atoms with Crippen LogP contribution in [0.4, 0.5) is 11.4 Å². The molecule has 3 nitrogen and oxygen atoms in total. The van der Waals surface area contributed by atoms with Crippen LogP contribution >= 0.6 is 0 Å². The van der Waals surface area contributed by atoms with Gasteiger partial charge in [-0.05, 0) is 24.3 Å². The molecule has 0 saturated carbocycles. The third-order valence-corrected chi connectivity index (χ3v) is 2.75. The van der Waals surface area contributed by atoms with Gasteiger partial charge in [-0.15, -0.1) is 0 Å². The number of hydrogen-bond donors (Lipinski definition) is 0. The third kappa shape index (κ3) is 2.35. The highest BCUT2D eigenvalue weighted by molar-refractivity contribution is 5.96. The number of methoxy groups -OCH3 is 1. The van der Waals surface area contributed by atoms with E-state index in [9.17, 15) is 4.79 Å². The summed E-state index contributed by atoms with van der Waals surface area (Å²) in [5.41, 5.74) is 2.10. The molecule has 2 aromatic rings. The van der Waals surface area contributed by atoms with Crippen molar-refractivity contribution in [2.75, 3.05) is 19.1 Å². The van der Waals surface area contributed by atoms with Gasteiger partial charge in [-0.3, -0.25) is 0 Å². The molecule has 0 amide bonds. The molecule has 0 fully saturated rings.